The van der Waals surface area contributed by atoms with Crippen molar-refractivity contribution in [3.63, 3.8) is 0 Å². The Morgan fingerprint density at radius 1 is 1.29 bits per heavy atom. The molecule has 1 amide bonds. The Hall–Kier alpha value is -1.66. The number of fused-ring (bicyclic) bond motifs is 1. The zero-order valence-corrected chi connectivity index (χ0v) is 13.0. The van der Waals surface area contributed by atoms with Crippen LogP contribution in [0.25, 0.3) is 0 Å². The molecule has 1 saturated heterocycles. The van der Waals surface area contributed by atoms with E-state index in [1.807, 2.05) is 0 Å². The van der Waals surface area contributed by atoms with Crippen molar-refractivity contribution in [1.29, 1.82) is 0 Å². The molecule has 1 aliphatic heterocycles. The van der Waals surface area contributed by atoms with Crippen molar-refractivity contribution in [3.05, 3.63) is 29.8 Å². The van der Waals surface area contributed by atoms with Crippen LogP contribution >= 0.6 is 0 Å². The van der Waals surface area contributed by atoms with Gasteiger partial charge in [-0.3, -0.25) is 9.78 Å². The first-order valence-corrected chi connectivity index (χ1v) is 8.35. The Morgan fingerprint density at radius 3 is 2.62 bits per heavy atom. The number of nitrogens with zero attached hydrogens (tertiary/aromatic N) is 2. The zero-order chi connectivity index (χ0) is 17.1. The number of aromatic nitrogens is 1. The van der Waals surface area contributed by atoms with Crippen LogP contribution in [0.5, 0.6) is 0 Å². The molecule has 2 saturated carbocycles. The standard InChI is InChI=1S/C17H18F4N2O/c18-11-5-1-8-22-14(11)16(6-3-7-16)15(24)23-9-2-4-10-12(13(10)23)17(19,20)21/h1,5,8,10,12-13H,2-4,6-7,9H2. The Kier molecular flexibility index (Phi) is 3.41. The van der Waals surface area contributed by atoms with E-state index < -0.39 is 35.3 Å². The third-order valence-corrected chi connectivity index (χ3v) is 5.89. The van der Waals surface area contributed by atoms with Crippen LogP contribution in [0.4, 0.5) is 17.6 Å². The van der Waals surface area contributed by atoms with E-state index in [0.717, 1.165) is 6.42 Å². The average molecular weight is 342 g/mol. The smallest absolute Gasteiger partial charge is 0.338 e. The monoisotopic (exact) mass is 342 g/mol. The summed E-state index contributed by atoms with van der Waals surface area (Å²) in [7, 11) is 0. The highest BCUT2D eigenvalue weighted by atomic mass is 19.4. The third-order valence-electron chi connectivity index (χ3n) is 5.89. The van der Waals surface area contributed by atoms with E-state index in [9.17, 15) is 22.4 Å². The Balaban J connectivity index is 1.64. The second-order valence-electron chi connectivity index (χ2n) is 7.13. The average Bonchev–Trinajstić information content (AvgIpc) is 3.22. The number of hydrogen-bond acceptors (Lipinski definition) is 2. The molecule has 0 radical (unpaired) electrons. The fraction of sp³-hybridized carbons (Fsp3) is 0.647. The summed E-state index contributed by atoms with van der Waals surface area (Å²) in [5, 5.41) is 0. The van der Waals surface area contributed by atoms with E-state index in [4.69, 9.17) is 0 Å². The lowest BCUT2D eigenvalue weighted by Gasteiger charge is -2.44. The fourth-order valence-electron chi connectivity index (χ4n) is 4.55. The van der Waals surface area contributed by atoms with E-state index in [1.165, 1.54) is 23.2 Å². The Bertz CT molecular complexity index is 671. The van der Waals surface area contributed by atoms with Crippen LogP contribution in [0, 0.1) is 17.7 Å². The first kappa shape index (κ1) is 15.8. The number of rotatable bonds is 2. The first-order valence-electron chi connectivity index (χ1n) is 8.35. The highest BCUT2D eigenvalue weighted by molar-refractivity contribution is 5.89. The molecule has 0 spiro atoms. The number of pyridine rings is 1. The number of likely N-dealkylation sites (tertiary alicyclic amines) is 1. The van der Waals surface area contributed by atoms with Gasteiger partial charge in [0.2, 0.25) is 5.91 Å². The molecular weight excluding hydrogens is 324 g/mol. The van der Waals surface area contributed by atoms with Crippen LogP contribution in [0.2, 0.25) is 0 Å². The number of amides is 1. The molecule has 1 aromatic heterocycles. The van der Waals surface area contributed by atoms with Crippen molar-refractivity contribution >= 4 is 5.91 Å². The number of piperidine rings is 1. The van der Waals surface area contributed by atoms with Crippen LogP contribution in [-0.4, -0.2) is 34.6 Å². The van der Waals surface area contributed by atoms with Gasteiger partial charge in [-0.25, -0.2) is 4.39 Å². The van der Waals surface area contributed by atoms with Crippen molar-refractivity contribution in [2.45, 2.75) is 49.7 Å². The molecule has 3 aliphatic rings. The van der Waals surface area contributed by atoms with E-state index in [2.05, 4.69) is 4.98 Å². The van der Waals surface area contributed by atoms with Crippen LogP contribution in [0.3, 0.4) is 0 Å². The van der Waals surface area contributed by atoms with Gasteiger partial charge < -0.3 is 4.90 Å². The molecule has 24 heavy (non-hydrogen) atoms. The summed E-state index contributed by atoms with van der Waals surface area (Å²) in [6.07, 6.45) is -0.119. The van der Waals surface area contributed by atoms with Crippen molar-refractivity contribution < 1.29 is 22.4 Å². The van der Waals surface area contributed by atoms with Gasteiger partial charge in [0.1, 0.15) is 5.82 Å². The summed E-state index contributed by atoms with van der Waals surface area (Å²) in [5.41, 5.74) is -0.987. The molecule has 3 unspecified atom stereocenters. The molecule has 0 bridgehead atoms. The number of carbonyl (C=O) groups is 1. The van der Waals surface area contributed by atoms with Crippen molar-refractivity contribution in [2.24, 2.45) is 11.8 Å². The molecule has 3 atom stereocenters. The van der Waals surface area contributed by atoms with Gasteiger partial charge in [-0.05, 0) is 43.7 Å². The first-order chi connectivity index (χ1) is 11.4. The summed E-state index contributed by atoms with van der Waals surface area (Å²) in [6.45, 7) is 0.322. The molecule has 4 rings (SSSR count). The van der Waals surface area contributed by atoms with E-state index in [1.54, 1.807) is 0 Å². The van der Waals surface area contributed by atoms with Gasteiger partial charge in [-0.15, -0.1) is 0 Å². The van der Waals surface area contributed by atoms with Gasteiger partial charge in [-0.1, -0.05) is 6.42 Å². The quantitative estimate of drug-likeness (QED) is 0.772. The second-order valence-corrected chi connectivity index (χ2v) is 7.13. The van der Waals surface area contributed by atoms with Crippen LogP contribution in [0.15, 0.2) is 18.3 Å². The third kappa shape index (κ3) is 2.16. The molecule has 0 N–H and O–H groups in total. The maximum absolute atomic E-state index is 14.2. The molecule has 2 heterocycles. The minimum absolute atomic E-state index is 0.0904. The number of halogens is 4. The van der Waals surface area contributed by atoms with Crippen LogP contribution in [-0.2, 0) is 10.2 Å². The van der Waals surface area contributed by atoms with Gasteiger partial charge in [-0.2, -0.15) is 13.2 Å². The lowest BCUT2D eigenvalue weighted by Crippen LogP contribution is -2.54. The predicted octanol–water partition coefficient (Wildman–Crippen LogP) is 3.44. The van der Waals surface area contributed by atoms with Crippen LogP contribution in [0.1, 0.15) is 37.8 Å². The lowest BCUT2D eigenvalue weighted by atomic mass is 9.65. The molecule has 7 heteroatoms. The largest absolute Gasteiger partial charge is 0.394 e. The van der Waals surface area contributed by atoms with E-state index in [-0.39, 0.29) is 11.6 Å². The van der Waals surface area contributed by atoms with Crippen LogP contribution < -0.4 is 0 Å². The summed E-state index contributed by atoms with van der Waals surface area (Å²) >= 11 is 0. The van der Waals surface area contributed by atoms with Crippen molar-refractivity contribution in [3.8, 4) is 0 Å². The van der Waals surface area contributed by atoms with Gasteiger partial charge >= 0.3 is 6.18 Å². The number of carbonyl (C=O) groups excluding carboxylic acids is 1. The summed E-state index contributed by atoms with van der Waals surface area (Å²) in [5.74, 6) is -2.84. The Morgan fingerprint density at radius 2 is 2.04 bits per heavy atom. The fourth-order valence-corrected chi connectivity index (χ4v) is 4.55. The maximum Gasteiger partial charge on any atom is 0.394 e. The summed E-state index contributed by atoms with van der Waals surface area (Å²) in [6, 6.07) is 1.94. The predicted molar refractivity (Wildman–Crippen MR) is 77.5 cm³/mol. The minimum atomic E-state index is -4.28. The normalized spacial score (nSPS) is 31.2. The number of hydrogen-bond donors (Lipinski definition) is 0. The van der Waals surface area contributed by atoms with E-state index in [0.29, 0.717) is 32.2 Å². The molecule has 2 aliphatic carbocycles. The minimum Gasteiger partial charge on any atom is -0.338 e. The van der Waals surface area contributed by atoms with Gasteiger partial charge in [0.05, 0.1) is 17.0 Å². The molecule has 1 aromatic rings. The topological polar surface area (TPSA) is 33.2 Å². The summed E-state index contributed by atoms with van der Waals surface area (Å²) < 4.78 is 53.6. The van der Waals surface area contributed by atoms with Gasteiger partial charge in [0.25, 0.3) is 0 Å². The van der Waals surface area contributed by atoms with Crippen molar-refractivity contribution in [2.75, 3.05) is 6.54 Å². The lowest BCUT2D eigenvalue weighted by molar-refractivity contribution is -0.157. The van der Waals surface area contributed by atoms with Gasteiger partial charge in [0, 0.05) is 18.8 Å². The zero-order valence-electron chi connectivity index (χ0n) is 13.0. The highest BCUT2D eigenvalue weighted by Gasteiger charge is 2.69. The van der Waals surface area contributed by atoms with E-state index >= 15 is 0 Å². The summed E-state index contributed by atoms with van der Waals surface area (Å²) in [4.78, 5) is 18.5. The second kappa shape index (κ2) is 5.17. The molecule has 3 fully saturated rings. The molecule has 130 valence electrons. The van der Waals surface area contributed by atoms with Gasteiger partial charge in [0.15, 0.2) is 0 Å². The number of alkyl halides is 3. The molecule has 3 nitrogen and oxygen atoms in total. The highest BCUT2D eigenvalue weighted by Crippen LogP contribution is 2.58. The maximum atomic E-state index is 14.2. The Labute approximate surface area is 137 Å². The SMILES string of the molecule is O=C(N1CCCC2C1C2C(F)(F)F)C1(c2ncccc2F)CCC1. The molecule has 0 aromatic carbocycles. The molecular formula is C17H18F4N2O. The van der Waals surface area contributed by atoms with Crippen molar-refractivity contribution in [1.82, 2.24) is 9.88 Å².